The number of aryl methyl sites for hydroxylation is 2. The topological polar surface area (TPSA) is 109 Å². The molecule has 0 radical (unpaired) electrons. The van der Waals surface area contributed by atoms with E-state index in [9.17, 15) is 14.4 Å². The number of carbonyl (C=O) groups excluding carboxylic acids is 3. The van der Waals surface area contributed by atoms with Crippen molar-refractivity contribution in [3.8, 4) is 0 Å². The molecule has 4 amide bonds. The molecule has 0 spiro atoms. The summed E-state index contributed by atoms with van der Waals surface area (Å²) in [6, 6.07) is 5.41. The molecule has 1 aliphatic carbocycles. The first kappa shape index (κ1) is 19.1. The van der Waals surface area contributed by atoms with Gasteiger partial charge in [0.25, 0.3) is 5.91 Å². The Morgan fingerprint density at radius 2 is 2.03 bits per heavy atom. The molecule has 2 heterocycles. The fourth-order valence-corrected chi connectivity index (χ4v) is 3.46. The monoisotopic (exact) mass is 396 g/mol. The molecule has 4 rings (SSSR count). The molecule has 1 aromatic carbocycles. The third kappa shape index (κ3) is 4.44. The van der Waals surface area contributed by atoms with Crippen LogP contribution in [0.4, 0.5) is 4.79 Å². The second-order valence-electron chi connectivity index (χ2n) is 7.80. The van der Waals surface area contributed by atoms with E-state index < -0.39 is 12.1 Å². The zero-order chi connectivity index (χ0) is 20.5. The lowest BCUT2D eigenvalue weighted by Gasteiger charge is -2.23. The molecule has 2 aromatic rings. The Morgan fingerprint density at radius 1 is 1.24 bits per heavy atom. The van der Waals surface area contributed by atoms with Crippen molar-refractivity contribution in [3.63, 3.8) is 0 Å². The smallest absolute Gasteiger partial charge is 0.322 e. The van der Waals surface area contributed by atoms with E-state index in [2.05, 4.69) is 53.0 Å². The van der Waals surface area contributed by atoms with Crippen LogP contribution < -0.4 is 10.6 Å². The van der Waals surface area contributed by atoms with E-state index in [1.54, 1.807) is 6.20 Å². The van der Waals surface area contributed by atoms with Crippen molar-refractivity contribution in [2.24, 2.45) is 0 Å². The minimum atomic E-state index is -0.656. The summed E-state index contributed by atoms with van der Waals surface area (Å²) in [7, 11) is 0. The summed E-state index contributed by atoms with van der Waals surface area (Å²) < 4.78 is 1.49. The lowest BCUT2D eigenvalue weighted by molar-refractivity contribution is -0.133. The molecular formula is C20H24N6O3. The highest BCUT2D eigenvalue weighted by atomic mass is 16.2. The van der Waals surface area contributed by atoms with Gasteiger partial charge in [0.1, 0.15) is 12.6 Å². The van der Waals surface area contributed by atoms with Crippen LogP contribution in [-0.4, -0.2) is 49.8 Å². The van der Waals surface area contributed by atoms with Crippen molar-refractivity contribution in [1.82, 2.24) is 30.5 Å². The van der Waals surface area contributed by atoms with Crippen LogP contribution in [0.3, 0.4) is 0 Å². The van der Waals surface area contributed by atoms with Gasteiger partial charge in [-0.3, -0.25) is 14.9 Å². The molecule has 9 heteroatoms. The summed E-state index contributed by atoms with van der Waals surface area (Å²) in [5.74, 6) is -0.386. The molecule has 9 nitrogen and oxygen atoms in total. The van der Waals surface area contributed by atoms with Crippen molar-refractivity contribution < 1.29 is 14.4 Å². The lowest BCUT2D eigenvalue weighted by atomic mass is 10.1. The van der Waals surface area contributed by atoms with E-state index in [1.807, 2.05) is 4.90 Å². The van der Waals surface area contributed by atoms with Crippen molar-refractivity contribution in [2.75, 3.05) is 0 Å². The standard InChI is InChI=1S/C20H24N6O3/c1-12-3-4-14(7-13(12)2)9-26(16-5-6-16)18(27)11-25-10-15(23-24-25)8-17-19(28)22-20(29)21-17/h3-4,7,10,16-17H,5-6,8-9,11H2,1-2H3,(H2,21,22,28,29)/t17-/m1/s1. The third-order valence-electron chi connectivity index (χ3n) is 5.39. The van der Waals surface area contributed by atoms with E-state index in [0.717, 1.165) is 18.4 Å². The number of nitrogens with one attached hydrogen (secondary N) is 2. The van der Waals surface area contributed by atoms with Gasteiger partial charge in [-0.05, 0) is 43.4 Å². The Morgan fingerprint density at radius 3 is 2.69 bits per heavy atom. The van der Waals surface area contributed by atoms with E-state index in [4.69, 9.17) is 0 Å². The predicted octanol–water partition coefficient (Wildman–Crippen LogP) is 0.837. The number of hydrogen-bond acceptors (Lipinski definition) is 5. The van der Waals surface area contributed by atoms with Crippen LogP contribution in [0.1, 0.15) is 35.2 Å². The van der Waals surface area contributed by atoms with Gasteiger partial charge in [-0.15, -0.1) is 5.10 Å². The second kappa shape index (κ2) is 7.65. The Hall–Kier alpha value is -3.23. The van der Waals surface area contributed by atoms with Gasteiger partial charge >= 0.3 is 6.03 Å². The molecule has 2 fully saturated rings. The molecule has 1 saturated heterocycles. The van der Waals surface area contributed by atoms with Crippen molar-refractivity contribution >= 4 is 17.8 Å². The summed E-state index contributed by atoms with van der Waals surface area (Å²) in [4.78, 5) is 37.7. The maximum atomic E-state index is 12.9. The second-order valence-corrected chi connectivity index (χ2v) is 7.80. The average Bonchev–Trinajstić information content (AvgIpc) is 3.34. The molecule has 2 N–H and O–H groups in total. The first-order chi connectivity index (χ1) is 13.9. The molecule has 152 valence electrons. The third-order valence-corrected chi connectivity index (χ3v) is 5.39. The number of amides is 4. The molecule has 29 heavy (non-hydrogen) atoms. The Balaban J connectivity index is 1.39. The fourth-order valence-electron chi connectivity index (χ4n) is 3.46. The molecule has 1 aliphatic heterocycles. The number of carbonyl (C=O) groups is 3. The number of urea groups is 1. The first-order valence-corrected chi connectivity index (χ1v) is 9.75. The summed E-state index contributed by atoms with van der Waals surface area (Å²) >= 11 is 0. The Labute approximate surface area is 168 Å². The van der Waals surface area contributed by atoms with Crippen LogP contribution in [0.25, 0.3) is 0 Å². The van der Waals surface area contributed by atoms with Crippen LogP contribution in [0.2, 0.25) is 0 Å². The molecular weight excluding hydrogens is 372 g/mol. The maximum absolute atomic E-state index is 12.9. The van der Waals surface area contributed by atoms with Crippen LogP contribution in [0, 0.1) is 13.8 Å². The summed E-state index contributed by atoms with van der Waals surface area (Å²) in [6.45, 7) is 4.83. The number of hydrogen-bond donors (Lipinski definition) is 2. The van der Waals surface area contributed by atoms with Crippen molar-refractivity contribution in [2.45, 2.75) is 58.3 Å². The van der Waals surface area contributed by atoms with E-state index in [0.29, 0.717) is 12.2 Å². The minimum absolute atomic E-state index is 0.00547. The quantitative estimate of drug-likeness (QED) is 0.674. The number of rotatable bonds is 7. The highest BCUT2D eigenvalue weighted by Gasteiger charge is 2.33. The highest BCUT2D eigenvalue weighted by molar-refractivity contribution is 6.04. The molecule has 0 bridgehead atoms. The van der Waals surface area contributed by atoms with Crippen molar-refractivity contribution in [3.05, 3.63) is 46.8 Å². The summed E-state index contributed by atoms with van der Waals surface area (Å²) in [5.41, 5.74) is 4.12. The van der Waals surface area contributed by atoms with E-state index in [-0.39, 0.29) is 30.8 Å². The summed E-state index contributed by atoms with van der Waals surface area (Å²) in [6.07, 6.45) is 3.93. The summed E-state index contributed by atoms with van der Waals surface area (Å²) in [5, 5.41) is 12.8. The number of benzene rings is 1. The van der Waals surface area contributed by atoms with Crippen molar-refractivity contribution in [1.29, 1.82) is 0 Å². The van der Waals surface area contributed by atoms with E-state index >= 15 is 0 Å². The van der Waals surface area contributed by atoms with E-state index in [1.165, 1.54) is 15.8 Å². The molecule has 1 atom stereocenters. The van der Waals surface area contributed by atoms with Gasteiger partial charge in [0, 0.05) is 25.2 Å². The molecule has 2 aliphatic rings. The fraction of sp³-hybridized carbons (Fsp3) is 0.450. The van der Waals surface area contributed by atoms with Gasteiger partial charge in [0.05, 0.1) is 5.69 Å². The molecule has 1 aromatic heterocycles. The molecule has 0 unspecified atom stereocenters. The Kier molecular flexibility index (Phi) is 5.04. The number of nitrogens with zero attached hydrogens (tertiary/aromatic N) is 4. The Bertz CT molecular complexity index is 965. The van der Waals surface area contributed by atoms with Gasteiger partial charge in [-0.25, -0.2) is 9.48 Å². The van der Waals surface area contributed by atoms with Gasteiger partial charge in [0.15, 0.2) is 0 Å². The number of aromatic nitrogens is 3. The predicted molar refractivity (Wildman–Crippen MR) is 104 cm³/mol. The zero-order valence-electron chi connectivity index (χ0n) is 16.5. The van der Waals surface area contributed by atoms with Crippen LogP contribution in [-0.2, 0) is 29.1 Å². The first-order valence-electron chi connectivity index (χ1n) is 9.75. The van der Waals surface area contributed by atoms with Crippen LogP contribution in [0.5, 0.6) is 0 Å². The van der Waals surface area contributed by atoms with Crippen LogP contribution >= 0.6 is 0 Å². The largest absolute Gasteiger partial charge is 0.334 e. The molecule has 1 saturated carbocycles. The average molecular weight is 396 g/mol. The number of imide groups is 1. The van der Waals surface area contributed by atoms with Crippen LogP contribution in [0.15, 0.2) is 24.4 Å². The maximum Gasteiger partial charge on any atom is 0.322 e. The van der Waals surface area contributed by atoms with Gasteiger partial charge in [-0.1, -0.05) is 23.4 Å². The zero-order valence-corrected chi connectivity index (χ0v) is 16.5. The minimum Gasteiger partial charge on any atom is -0.334 e. The van der Waals surface area contributed by atoms with Gasteiger partial charge in [0.2, 0.25) is 5.91 Å². The normalized spacial score (nSPS) is 18.5. The SMILES string of the molecule is Cc1ccc(CN(C(=O)Cn2cc(C[C@H]3NC(=O)NC3=O)nn2)C2CC2)cc1C. The van der Waals surface area contributed by atoms with Gasteiger partial charge in [-0.2, -0.15) is 0 Å². The van der Waals surface area contributed by atoms with Gasteiger partial charge < -0.3 is 10.2 Å². The lowest BCUT2D eigenvalue weighted by Crippen LogP contribution is -2.35. The highest BCUT2D eigenvalue weighted by Crippen LogP contribution is 2.29.